The number of tetrazole rings is 1. The van der Waals surface area contributed by atoms with E-state index in [4.69, 9.17) is 0 Å². The number of aliphatic carboxylic acids is 1. The molecule has 4 heterocycles. The second kappa shape index (κ2) is 8.90. The van der Waals surface area contributed by atoms with Crippen molar-refractivity contribution in [1.29, 1.82) is 0 Å². The summed E-state index contributed by atoms with van der Waals surface area (Å²) >= 11 is 8.58. The van der Waals surface area contributed by atoms with Gasteiger partial charge >= 0.3 is 11.7 Å². The van der Waals surface area contributed by atoms with E-state index in [1.54, 1.807) is 7.05 Å². The number of carbonyl (C=O) groups excluding carboxylic acids is 2. The molecule has 2 saturated heterocycles. The molecule has 0 aromatic carbocycles. The first kappa shape index (κ1) is 25.1. The Morgan fingerprint density at radius 2 is 2.11 bits per heavy atom. The predicted octanol–water partition coefficient (Wildman–Crippen LogP) is -0.447. The highest BCUT2D eigenvalue weighted by molar-refractivity contribution is 9.10. The molecule has 2 amide bonds. The third-order valence-corrected chi connectivity index (χ3v) is 8.73. The summed E-state index contributed by atoms with van der Waals surface area (Å²) in [6.45, 7) is 0.962. The second-order valence-corrected chi connectivity index (χ2v) is 10.4. The van der Waals surface area contributed by atoms with Crippen LogP contribution in [-0.4, -0.2) is 81.3 Å². The number of halogens is 1. The highest BCUT2D eigenvalue weighted by Gasteiger charge is 2.62. The Morgan fingerprint density at radius 1 is 1.43 bits per heavy atom. The SMILES string of the molecule is CC(=O)N(C1C(=O)N2CC(C(=O)O)(C(S)c3nnnn3C)CS[C@H]12)n1cc(Br)c(=O)c([N+](=O)[O-])c1. The average molecular weight is 589 g/mol. The molecule has 15 nitrogen and oxygen atoms in total. The smallest absolute Gasteiger partial charge is 0.335 e. The normalized spacial score (nSPS) is 24.3. The Hall–Kier alpha value is -2.99. The van der Waals surface area contributed by atoms with Gasteiger partial charge in [-0.3, -0.25) is 34.0 Å². The van der Waals surface area contributed by atoms with Gasteiger partial charge < -0.3 is 10.0 Å². The number of aromatic nitrogens is 5. The molecular formula is C17H17BrN8O7S2. The third kappa shape index (κ3) is 3.88. The number of thioether (sulfide) groups is 1. The minimum atomic E-state index is -1.52. The highest BCUT2D eigenvalue weighted by atomic mass is 79.9. The van der Waals surface area contributed by atoms with Gasteiger partial charge in [0.05, 0.1) is 14.6 Å². The fraction of sp³-hybridized carbons (Fsp3) is 0.471. The van der Waals surface area contributed by atoms with E-state index < -0.39 is 55.9 Å². The highest BCUT2D eigenvalue weighted by Crippen LogP contribution is 2.50. The molecule has 3 unspecified atom stereocenters. The molecule has 0 bridgehead atoms. The second-order valence-electron chi connectivity index (χ2n) is 7.96. The zero-order valence-electron chi connectivity index (χ0n) is 18.0. The van der Waals surface area contributed by atoms with Gasteiger partial charge in [0.1, 0.15) is 17.0 Å². The Kier molecular flexibility index (Phi) is 6.39. The number of nitrogens with zero attached hydrogens (tertiary/aromatic N) is 8. The van der Waals surface area contributed by atoms with Crippen LogP contribution in [0, 0.1) is 15.5 Å². The fourth-order valence-electron chi connectivity index (χ4n) is 4.07. The number of β-lactam (4-membered cyclic amide) rings is 1. The lowest BCUT2D eigenvalue weighted by molar-refractivity contribution is -0.386. The number of carboxylic acid groups (broad SMARTS) is 1. The first-order valence-electron chi connectivity index (χ1n) is 9.82. The zero-order valence-corrected chi connectivity index (χ0v) is 21.3. The molecule has 35 heavy (non-hydrogen) atoms. The lowest BCUT2D eigenvalue weighted by atomic mass is 9.83. The molecule has 186 valence electrons. The van der Waals surface area contributed by atoms with Crippen LogP contribution < -0.4 is 10.4 Å². The number of carbonyl (C=O) groups is 3. The molecular weight excluding hydrogens is 572 g/mol. The van der Waals surface area contributed by atoms with Crippen LogP contribution in [0.5, 0.6) is 0 Å². The van der Waals surface area contributed by atoms with Gasteiger partial charge in [-0.2, -0.15) is 12.6 Å². The van der Waals surface area contributed by atoms with Gasteiger partial charge in [-0.05, 0) is 26.4 Å². The van der Waals surface area contributed by atoms with Crippen LogP contribution in [0.4, 0.5) is 5.69 Å². The molecule has 0 radical (unpaired) electrons. The summed E-state index contributed by atoms with van der Waals surface area (Å²) in [5, 5.41) is 31.9. The van der Waals surface area contributed by atoms with Crippen LogP contribution in [-0.2, 0) is 21.4 Å². The van der Waals surface area contributed by atoms with E-state index in [-0.39, 0.29) is 22.6 Å². The number of pyridine rings is 1. The number of amides is 2. The molecule has 2 aliphatic heterocycles. The maximum atomic E-state index is 13.2. The average Bonchev–Trinajstić information content (AvgIpc) is 3.23. The zero-order chi connectivity index (χ0) is 25.8. The molecule has 1 N–H and O–H groups in total. The molecule has 2 aromatic heterocycles. The van der Waals surface area contributed by atoms with E-state index in [2.05, 4.69) is 44.1 Å². The first-order valence-corrected chi connectivity index (χ1v) is 12.2. The molecule has 4 atom stereocenters. The number of nitro groups is 1. The Morgan fingerprint density at radius 3 is 2.66 bits per heavy atom. The van der Waals surface area contributed by atoms with Crippen molar-refractivity contribution in [2.24, 2.45) is 12.5 Å². The van der Waals surface area contributed by atoms with Gasteiger partial charge in [-0.25, -0.2) is 9.69 Å². The lowest BCUT2D eigenvalue weighted by Gasteiger charge is -2.56. The number of thiol groups is 1. The van der Waals surface area contributed by atoms with E-state index in [0.717, 1.165) is 33.8 Å². The van der Waals surface area contributed by atoms with E-state index in [1.807, 2.05) is 0 Å². The molecule has 2 fully saturated rings. The molecule has 0 aliphatic carbocycles. The van der Waals surface area contributed by atoms with E-state index in [1.165, 1.54) is 16.5 Å². The summed E-state index contributed by atoms with van der Waals surface area (Å²) in [6.07, 6.45) is 2.02. The standard InChI is InChI=1S/C17H17BrN8O7S2/c1-7(27)25(23-3-8(18)11(28)9(4-23)26(32)33)10-14(29)24-5-17(16(30)31,6-35-15(10)24)12(34)13-19-20-21-22(13)2/h3-4,10,12,15,34H,5-6H2,1-2H3,(H,30,31)/t10?,12?,15-,17?/m1/s1. The predicted molar refractivity (Wildman–Crippen MR) is 126 cm³/mol. The molecule has 2 aliphatic rings. The molecule has 2 aromatic rings. The van der Waals surface area contributed by atoms with Crippen LogP contribution in [0.25, 0.3) is 0 Å². The quantitative estimate of drug-likeness (QED) is 0.192. The number of carboxylic acids is 1. The van der Waals surface area contributed by atoms with Gasteiger partial charge in [0.2, 0.25) is 5.91 Å². The van der Waals surface area contributed by atoms with Crippen molar-refractivity contribution in [2.45, 2.75) is 23.6 Å². The van der Waals surface area contributed by atoms with Gasteiger partial charge in [0.25, 0.3) is 11.3 Å². The van der Waals surface area contributed by atoms with Crippen molar-refractivity contribution < 1.29 is 24.4 Å². The van der Waals surface area contributed by atoms with Crippen LogP contribution in [0.2, 0.25) is 0 Å². The Labute approximate surface area is 214 Å². The van der Waals surface area contributed by atoms with Crippen molar-refractivity contribution in [2.75, 3.05) is 17.3 Å². The monoisotopic (exact) mass is 588 g/mol. The van der Waals surface area contributed by atoms with Crippen LogP contribution in [0.15, 0.2) is 21.7 Å². The van der Waals surface area contributed by atoms with E-state index in [0.29, 0.717) is 0 Å². The summed E-state index contributed by atoms with van der Waals surface area (Å²) in [4.78, 5) is 61.9. The Balaban J connectivity index is 1.67. The van der Waals surface area contributed by atoms with Crippen molar-refractivity contribution >= 4 is 63.8 Å². The summed E-state index contributed by atoms with van der Waals surface area (Å²) in [7, 11) is 1.55. The van der Waals surface area contributed by atoms with E-state index in [9.17, 15) is 34.4 Å². The van der Waals surface area contributed by atoms with Crippen LogP contribution in [0.1, 0.15) is 18.0 Å². The van der Waals surface area contributed by atoms with Crippen molar-refractivity contribution in [3.05, 3.63) is 43.0 Å². The Bertz CT molecular complexity index is 1320. The van der Waals surface area contributed by atoms with Gasteiger partial charge in [0, 0.05) is 32.5 Å². The molecule has 18 heteroatoms. The van der Waals surface area contributed by atoms with Crippen molar-refractivity contribution in [1.82, 2.24) is 29.8 Å². The van der Waals surface area contributed by atoms with Crippen LogP contribution >= 0.6 is 40.3 Å². The first-order chi connectivity index (χ1) is 16.4. The summed E-state index contributed by atoms with van der Waals surface area (Å²) in [5.74, 6) is -2.12. The third-order valence-electron chi connectivity index (χ3n) is 5.91. The van der Waals surface area contributed by atoms with Gasteiger partial charge in [0.15, 0.2) is 11.9 Å². The molecule has 0 spiro atoms. The summed E-state index contributed by atoms with van der Waals surface area (Å²) in [5.41, 5.74) is -3.19. The largest absolute Gasteiger partial charge is 0.481 e. The minimum absolute atomic E-state index is 0.0219. The van der Waals surface area contributed by atoms with Crippen LogP contribution in [0.3, 0.4) is 0 Å². The topological polar surface area (TPSA) is 187 Å². The van der Waals surface area contributed by atoms with Crippen molar-refractivity contribution in [3.8, 4) is 0 Å². The number of hydrogen-bond donors (Lipinski definition) is 2. The fourth-order valence-corrected chi connectivity index (χ4v) is 6.73. The maximum absolute atomic E-state index is 13.2. The molecule has 0 saturated carbocycles. The number of hydrogen-bond acceptors (Lipinski definition) is 11. The van der Waals surface area contributed by atoms with Gasteiger partial charge in [-0.15, -0.1) is 16.9 Å². The molecule has 4 rings (SSSR count). The maximum Gasteiger partial charge on any atom is 0.335 e. The summed E-state index contributed by atoms with van der Waals surface area (Å²) < 4.78 is 2.16. The minimum Gasteiger partial charge on any atom is -0.481 e. The summed E-state index contributed by atoms with van der Waals surface area (Å²) in [6, 6.07) is -1.08. The number of aryl methyl sites for hydroxylation is 1. The number of rotatable bonds is 6. The van der Waals surface area contributed by atoms with E-state index >= 15 is 0 Å². The van der Waals surface area contributed by atoms with Crippen molar-refractivity contribution in [3.63, 3.8) is 0 Å². The van der Waals surface area contributed by atoms with Gasteiger partial charge in [-0.1, -0.05) is 0 Å². The number of fused-ring (bicyclic) bond motifs is 1. The lowest BCUT2D eigenvalue weighted by Crippen LogP contribution is -2.76.